The second kappa shape index (κ2) is 9.53. The van der Waals surface area contributed by atoms with Gasteiger partial charge in [-0.3, -0.25) is 5.84 Å². The molecule has 0 saturated carbocycles. The van der Waals surface area contributed by atoms with Gasteiger partial charge in [0, 0.05) is 68.2 Å². The molecule has 20 heavy (non-hydrogen) atoms. The van der Waals surface area contributed by atoms with Gasteiger partial charge in [0.1, 0.15) is 0 Å². The van der Waals surface area contributed by atoms with E-state index >= 15 is 0 Å². The molecule has 0 atom stereocenters. The molecule has 0 radical (unpaired) electrons. The molecule has 2 aliphatic heterocycles. The predicted molar refractivity (Wildman–Crippen MR) is 92.6 cm³/mol. The minimum atomic E-state index is 0.733. The Balaban J connectivity index is 1.40. The lowest BCUT2D eigenvalue weighted by Crippen LogP contribution is -2.42. The first-order valence-electron chi connectivity index (χ1n) is 8.08. The normalized spacial score (nSPS) is 24.3. The van der Waals surface area contributed by atoms with Gasteiger partial charge >= 0.3 is 0 Å². The Morgan fingerprint density at radius 3 is 2.35 bits per heavy atom. The van der Waals surface area contributed by atoms with Gasteiger partial charge in [0.25, 0.3) is 0 Å². The summed E-state index contributed by atoms with van der Waals surface area (Å²) in [6.45, 7) is 7.96. The summed E-state index contributed by atoms with van der Waals surface area (Å²) in [6.07, 6.45) is 6.43. The van der Waals surface area contributed by atoms with E-state index in [2.05, 4.69) is 36.6 Å². The summed E-state index contributed by atoms with van der Waals surface area (Å²) in [6, 6.07) is 0.733. The maximum absolute atomic E-state index is 5.78. The van der Waals surface area contributed by atoms with Crippen LogP contribution in [0.1, 0.15) is 32.1 Å². The van der Waals surface area contributed by atoms with E-state index in [9.17, 15) is 0 Å². The second-order valence-corrected chi connectivity index (χ2v) is 7.52. The van der Waals surface area contributed by atoms with E-state index in [4.69, 9.17) is 5.84 Å². The lowest BCUT2D eigenvalue weighted by molar-refractivity contribution is 0.182. The number of rotatable bonds is 7. The molecule has 118 valence electrons. The Morgan fingerprint density at radius 1 is 0.950 bits per heavy atom. The van der Waals surface area contributed by atoms with Crippen LogP contribution in [0.2, 0.25) is 0 Å². The van der Waals surface area contributed by atoms with Gasteiger partial charge in [0.15, 0.2) is 0 Å². The Bertz CT molecular complexity index is 224. The average Bonchev–Trinajstić information content (AvgIpc) is 2.46. The van der Waals surface area contributed by atoms with E-state index in [0.717, 1.165) is 44.7 Å². The summed E-state index contributed by atoms with van der Waals surface area (Å²) >= 11 is 2.43. The second-order valence-electron chi connectivity index (χ2n) is 6.16. The smallest absolute Gasteiger partial charge is 0.0201 e. The fraction of sp³-hybridized carbons (Fsp3) is 1.00. The molecular formula is C14H30IN5. The van der Waals surface area contributed by atoms with Gasteiger partial charge in [-0.25, -0.2) is 8.12 Å². The highest BCUT2D eigenvalue weighted by atomic mass is 127. The first-order valence-corrected chi connectivity index (χ1v) is 9.05. The average molecular weight is 395 g/mol. The Morgan fingerprint density at radius 2 is 1.65 bits per heavy atom. The van der Waals surface area contributed by atoms with Crippen LogP contribution in [0.15, 0.2) is 0 Å². The summed E-state index contributed by atoms with van der Waals surface area (Å²) in [4.78, 5) is 0. The molecule has 5 nitrogen and oxygen atoms in total. The molecule has 0 aliphatic carbocycles. The summed E-state index contributed by atoms with van der Waals surface area (Å²) in [5.74, 6) is 6.65. The molecule has 0 amide bonds. The topological polar surface area (TPSA) is 56.6 Å². The largest absolute Gasteiger partial charge is 0.315 e. The maximum atomic E-state index is 5.78. The van der Waals surface area contributed by atoms with Gasteiger partial charge in [-0.05, 0) is 44.6 Å². The van der Waals surface area contributed by atoms with Crippen LogP contribution in [-0.4, -0.2) is 60.0 Å². The third-order valence-corrected chi connectivity index (χ3v) is 5.52. The van der Waals surface area contributed by atoms with E-state index < -0.39 is 0 Å². The van der Waals surface area contributed by atoms with Crippen molar-refractivity contribution in [3.63, 3.8) is 0 Å². The highest BCUT2D eigenvalue weighted by Crippen LogP contribution is 2.17. The molecule has 0 spiro atoms. The molecule has 2 aliphatic rings. The van der Waals surface area contributed by atoms with Crippen LogP contribution in [0.3, 0.4) is 0 Å². The monoisotopic (exact) mass is 395 g/mol. The zero-order chi connectivity index (χ0) is 14.2. The quantitative estimate of drug-likeness (QED) is 0.260. The number of hydrogen-bond acceptors (Lipinski definition) is 5. The van der Waals surface area contributed by atoms with Crippen molar-refractivity contribution in [1.82, 2.24) is 18.8 Å². The molecule has 0 aromatic carbocycles. The summed E-state index contributed by atoms with van der Waals surface area (Å²) in [7, 11) is 0. The minimum Gasteiger partial charge on any atom is -0.315 e. The van der Waals surface area contributed by atoms with E-state index in [1.165, 1.54) is 45.2 Å². The SMILES string of the molecule is NN1CCC(CCNCCNC2CCN(I)CC2)CC1. The molecule has 0 aromatic rings. The number of piperidine rings is 2. The third-order valence-electron chi connectivity index (χ3n) is 4.55. The summed E-state index contributed by atoms with van der Waals surface area (Å²) in [5.41, 5.74) is 0. The van der Waals surface area contributed by atoms with Crippen LogP contribution < -0.4 is 16.5 Å². The van der Waals surface area contributed by atoms with Crippen LogP contribution in [0.25, 0.3) is 0 Å². The molecule has 2 fully saturated rings. The van der Waals surface area contributed by atoms with Crippen molar-refractivity contribution in [2.45, 2.75) is 38.1 Å². The van der Waals surface area contributed by atoms with Crippen LogP contribution in [0.4, 0.5) is 0 Å². The number of nitrogens with zero attached hydrogens (tertiary/aromatic N) is 2. The van der Waals surface area contributed by atoms with E-state index in [1.54, 1.807) is 0 Å². The van der Waals surface area contributed by atoms with E-state index in [0.29, 0.717) is 0 Å². The summed E-state index contributed by atoms with van der Waals surface area (Å²) < 4.78 is 2.39. The molecule has 0 bridgehead atoms. The molecular weight excluding hydrogens is 365 g/mol. The zero-order valence-electron chi connectivity index (χ0n) is 12.5. The van der Waals surface area contributed by atoms with Crippen molar-refractivity contribution < 1.29 is 0 Å². The first-order chi connectivity index (χ1) is 9.74. The van der Waals surface area contributed by atoms with Crippen LogP contribution in [0.5, 0.6) is 0 Å². The van der Waals surface area contributed by atoms with Crippen LogP contribution in [0, 0.1) is 5.92 Å². The van der Waals surface area contributed by atoms with Gasteiger partial charge in [-0.1, -0.05) is 0 Å². The van der Waals surface area contributed by atoms with Gasteiger partial charge < -0.3 is 10.6 Å². The maximum Gasteiger partial charge on any atom is 0.0201 e. The first kappa shape index (κ1) is 16.9. The van der Waals surface area contributed by atoms with Crippen molar-refractivity contribution in [3.05, 3.63) is 0 Å². The van der Waals surface area contributed by atoms with Gasteiger partial charge in [0.05, 0.1) is 0 Å². The van der Waals surface area contributed by atoms with Crippen molar-refractivity contribution in [2.75, 3.05) is 45.8 Å². The van der Waals surface area contributed by atoms with Crippen molar-refractivity contribution in [1.29, 1.82) is 0 Å². The lowest BCUT2D eigenvalue weighted by Gasteiger charge is -2.29. The van der Waals surface area contributed by atoms with Gasteiger partial charge in [-0.15, -0.1) is 0 Å². The highest BCUT2D eigenvalue weighted by molar-refractivity contribution is 14.1. The molecule has 2 saturated heterocycles. The number of hydrogen-bond donors (Lipinski definition) is 3. The van der Waals surface area contributed by atoms with E-state index in [-0.39, 0.29) is 0 Å². The molecule has 0 aromatic heterocycles. The molecule has 6 heteroatoms. The molecule has 2 heterocycles. The third kappa shape index (κ3) is 6.53. The molecule has 2 rings (SSSR count). The Hall–Kier alpha value is 0.530. The van der Waals surface area contributed by atoms with Crippen molar-refractivity contribution in [2.24, 2.45) is 11.8 Å². The fourth-order valence-corrected chi connectivity index (χ4v) is 3.65. The highest BCUT2D eigenvalue weighted by Gasteiger charge is 2.17. The number of nitrogens with one attached hydrogen (secondary N) is 2. The number of halogens is 1. The predicted octanol–water partition coefficient (Wildman–Crippen LogP) is 0.956. The van der Waals surface area contributed by atoms with Gasteiger partial charge in [0.2, 0.25) is 0 Å². The van der Waals surface area contributed by atoms with Gasteiger partial charge in [-0.2, -0.15) is 0 Å². The molecule has 0 unspecified atom stereocenters. The Labute approximate surface area is 137 Å². The fourth-order valence-electron chi connectivity index (χ4n) is 3.09. The van der Waals surface area contributed by atoms with Crippen LogP contribution in [-0.2, 0) is 0 Å². The number of nitrogens with two attached hydrogens (primary N) is 1. The standard InChI is InChI=1S/C14H30IN5/c15-19-9-4-14(5-10-19)18-8-7-17-6-1-13-2-11-20(16)12-3-13/h13-14,17-18H,1-12,16H2. The van der Waals surface area contributed by atoms with Crippen molar-refractivity contribution >= 4 is 22.9 Å². The minimum absolute atomic E-state index is 0.733. The van der Waals surface area contributed by atoms with E-state index in [1.807, 2.05) is 5.01 Å². The lowest BCUT2D eigenvalue weighted by atomic mass is 9.94. The Kier molecular flexibility index (Phi) is 8.05. The zero-order valence-corrected chi connectivity index (χ0v) is 14.6. The van der Waals surface area contributed by atoms with Crippen LogP contribution >= 0.6 is 22.9 Å². The summed E-state index contributed by atoms with van der Waals surface area (Å²) in [5, 5.41) is 9.20. The number of hydrazine groups is 1. The molecule has 4 N–H and O–H groups in total. The van der Waals surface area contributed by atoms with Crippen molar-refractivity contribution in [3.8, 4) is 0 Å².